The Labute approximate surface area is 173 Å². The van der Waals surface area contributed by atoms with Gasteiger partial charge < -0.3 is 14.4 Å². The number of hydrogen-bond donors (Lipinski definition) is 0. The van der Waals surface area contributed by atoms with E-state index in [0.717, 1.165) is 16.1 Å². The number of ether oxygens (including phenoxy) is 2. The molecular weight excluding hydrogens is 388 g/mol. The van der Waals surface area contributed by atoms with Crippen LogP contribution >= 0.6 is 11.3 Å². The van der Waals surface area contributed by atoms with Gasteiger partial charge in [0.15, 0.2) is 6.61 Å². The summed E-state index contributed by atoms with van der Waals surface area (Å²) in [5.41, 5.74) is 2.41. The van der Waals surface area contributed by atoms with Crippen molar-refractivity contribution in [1.82, 2.24) is 9.88 Å². The molecule has 3 aromatic rings. The second-order valence-corrected chi connectivity index (χ2v) is 7.44. The van der Waals surface area contributed by atoms with Crippen molar-refractivity contribution >= 4 is 23.2 Å². The number of likely N-dealkylation sites (N-methyl/N-ethyl adjacent to an activating group) is 1. The molecule has 3 rings (SSSR count). The minimum atomic E-state index is -0.541. The van der Waals surface area contributed by atoms with E-state index >= 15 is 0 Å². The first-order valence-corrected chi connectivity index (χ1v) is 9.87. The Bertz CT molecular complexity index is 1000. The molecule has 0 atom stereocenters. The molecule has 0 aliphatic heterocycles. The maximum atomic E-state index is 12.5. The van der Waals surface area contributed by atoms with Crippen LogP contribution in [-0.2, 0) is 16.1 Å². The predicted octanol–water partition coefficient (Wildman–Crippen LogP) is 3.94. The van der Waals surface area contributed by atoms with Gasteiger partial charge in [-0.15, -0.1) is 11.3 Å². The van der Waals surface area contributed by atoms with Gasteiger partial charge in [0.05, 0.1) is 12.8 Å². The van der Waals surface area contributed by atoms with Gasteiger partial charge in [-0.1, -0.05) is 48.5 Å². The van der Waals surface area contributed by atoms with E-state index in [4.69, 9.17) is 9.47 Å². The number of carbonyl (C=O) groups is 2. The number of benzene rings is 2. The number of aromatic nitrogens is 1. The minimum Gasteiger partial charge on any atom is -0.496 e. The molecule has 2 aromatic carbocycles. The molecule has 1 amide bonds. The molecule has 0 fully saturated rings. The number of esters is 1. The fourth-order valence-electron chi connectivity index (χ4n) is 2.77. The summed E-state index contributed by atoms with van der Waals surface area (Å²) in [6.45, 7) is 1.79. The fraction of sp³-hybridized carbons (Fsp3) is 0.227. The topological polar surface area (TPSA) is 68.7 Å². The first kappa shape index (κ1) is 20.5. The third-order valence-electron chi connectivity index (χ3n) is 4.36. The molecule has 29 heavy (non-hydrogen) atoms. The Morgan fingerprint density at radius 3 is 2.48 bits per heavy atom. The van der Waals surface area contributed by atoms with Gasteiger partial charge in [-0.3, -0.25) is 4.79 Å². The van der Waals surface area contributed by atoms with E-state index < -0.39 is 5.97 Å². The molecule has 0 radical (unpaired) electrons. The van der Waals surface area contributed by atoms with Gasteiger partial charge in [0.1, 0.15) is 15.6 Å². The first-order valence-electron chi connectivity index (χ1n) is 9.05. The Morgan fingerprint density at radius 1 is 1.07 bits per heavy atom. The standard InChI is InChI=1S/C22H22N2O4S/c1-15-20(29-21(23-15)16-9-5-4-6-10-16)22(26)28-14-19(25)24(2)13-17-11-7-8-12-18(17)27-3/h4-12H,13-14H2,1-3H3. The molecule has 0 N–H and O–H groups in total. The summed E-state index contributed by atoms with van der Waals surface area (Å²) < 4.78 is 10.5. The molecule has 0 aliphatic carbocycles. The van der Waals surface area contributed by atoms with E-state index in [0.29, 0.717) is 22.9 Å². The zero-order valence-electron chi connectivity index (χ0n) is 16.5. The fourth-order valence-corrected chi connectivity index (χ4v) is 3.74. The maximum absolute atomic E-state index is 12.5. The molecule has 6 nitrogen and oxygen atoms in total. The zero-order chi connectivity index (χ0) is 20.8. The second kappa shape index (κ2) is 9.34. The zero-order valence-corrected chi connectivity index (χ0v) is 17.4. The lowest BCUT2D eigenvalue weighted by molar-refractivity contribution is -0.133. The highest BCUT2D eigenvalue weighted by Crippen LogP contribution is 2.28. The summed E-state index contributed by atoms with van der Waals surface area (Å²) in [5.74, 6) is -0.131. The van der Waals surface area contributed by atoms with Crippen LogP contribution in [0.2, 0.25) is 0 Å². The Morgan fingerprint density at radius 2 is 1.76 bits per heavy atom. The van der Waals surface area contributed by atoms with Gasteiger partial charge in [-0.25, -0.2) is 9.78 Å². The molecule has 1 heterocycles. The average molecular weight is 410 g/mol. The van der Waals surface area contributed by atoms with Crippen molar-refractivity contribution < 1.29 is 19.1 Å². The van der Waals surface area contributed by atoms with Gasteiger partial charge in [-0.2, -0.15) is 0 Å². The van der Waals surface area contributed by atoms with Crippen molar-refractivity contribution in [3.63, 3.8) is 0 Å². The van der Waals surface area contributed by atoms with E-state index in [1.165, 1.54) is 16.2 Å². The number of amides is 1. The molecule has 0 bridgehead atoms. The highest BCUT2D eigenvalue weighted by atomic mass is 32.1. The first-order chi connectivity index (χ1) is 14.0. The average Bonchev–Trinajstić information content (AvgIpc) is 3.14. The molecular formula is C22H22N2O4S. The summed E-state index contributed by atoms with van der Waals surface area (Å²) in [6, 6.07) is 17.1. The smallest absolute Gasteiger partial charge is 0.350 e. The summed E-state index contributed by atoms with van der Waals surface area (Å²) in [4.78, 5) is 31.2. The van der Waals surface area contributed by atoms with Crippen molar-refractivity contribution in [2.45, 2.75) is 13.5 Å². The number of methoxy groups -OCH3 is 1. The van der Waals surface area contributed by atoms with Gasteiger partial charge in [-0.05, 0) is 13.0 Å². The van der Waals surface area contributed by atoms with Crippen LogP contribution in [-0.4, -0.2) is 42.5 Å². The van der Waals surface area contributed by atoms with Crippen molar-refractivity contribution in [1.29, 1.82) is 0 Å². The Kier molecular flexibility index (Phi) is 6.61. The monoisotopic (exact) mass is 410 g/mol. The van der Waals surface area contributed by atoms with Crippen molar-refractivity contribution in [3.05, 3.63) is 70.7 Å². The molecule has 0 unspecified atom stereocenters. The van der Waals surface area contributed by atoms with Gasteiger partial charge in [0, 0.05) is 24.7 Å². The SMILES string of the molecule is COc1ccccc1CN(C)C(=O)COC(=O)c1sc(-c2ccccc2)nc1C. The van der Waals surface area contributed by atoms with Crippen molar-refractivity contribution in [2.75, 3.05) is 20.8 Å². The molecule has 150 valence electrons. The predicted molar refractivity (Wildman–Crippen MR) is 112 cm³/mol. The van der Waals surface area contributed by atoms with Crippen LogP contribution in [0.25, 0.3) is 10.6 Å². The summed E-state index contributed by atoms with van der Waals surface area (Å²) in [7, 11) is 3.25. The van der Waals surface area contributed by atoms with Crippen molar-refractivity contribution in [2.24, 2.45) is 0 Å². The van der Waals surface area contributed by atoms with Gasteiger partial charge in [0.25, 0.3) is 5.91 Å². The molecule has 0 saturated heterocycles. The number of carbonyl (C=O) groups excluding carboxylic acids is 2. The molecule has 0 saturated carbocycles. The quantitative estimate of drug-likeness (QED) is 0.552. The lowest BCUT2D eigenvalue weighted by Crippen LogP contribution is -2.31. The normalized spacial score (nSPS) is 10.4. The summed E-state index contributed by atoms with van der Waals surface area (Å²) in [5, 5.41) is 0.745. The van der Waals surface area contributed by atoms with Crippen LogP contribution in [0.5, 0.6) is 5.75 Å². The van der Waals surface area contributed by atoms with E-state index in [2.05, 4.69) is 4.98 Å². The third-order valence-corrected chi connectivity index (χ3v) is 5.54. The van der Waals surface area contributed by atoms with E-state index in [1.807, 2.05) is 54.6 Å². The van der Waals surface area contributed by atoms with Crippen LogP contribution in [0.15, 0.2) is 54.6 Å². The number of hydrogen-bond acceptors (Lipinski definition) is 6. The van der Waals surface area contributed by atoms with E-state index in [1.54, 1.807) is 21.1 Å². The number of para-hydroxylation sites is 1. The third kappa shape index (κ3) is 5.00. The largest absolute Gasteiger partial charge is 0.496 e. The molecule has 0 spiro atoms. The highest BCUT2D eigenvalue weighted by Gasteiger charge is 2.20. The molecule has 7 heteroatoms. The van der Waals surface area contributed by atoms with E-state index in [9.17, 15) is 9.59 Å². The van der Waals surface area contributed by atoms with Crippen LogP contribution in [0, 0.1) is 6.92 Å². The highest BCUT2D eigenvalue weighted by molar-refractivity contribution is 7.17. The molecule has 0 aliphatic rings. The number of aryl methyl sites for hydroxylation is 1. The van der Waals surface area contributed by atoms with Crippen molar-refractivity contribution in [3.8, 4) is 16.3 Å². The van der Waals surface area contributed by atoms with Crippen LogP contribution in [0.1, 0.15) is 20.9 Å². The molecule has 1 aromatic heterocycles. The lowest BCUT2D eigenvalue weighted by atomic mass is 10.2. The Balaban J connectivity index is 1.60. The Hall–Kier alpha value is -3.19. The second-order valence-electron chi connectivity index (χ2n) is 6.44. The van der Waals surface area contributed by atoms with E-state index in [-0.39, 0.29) is 12.5 Å². The van der Waals surface area contributed by atoms with Gasteiger partial charge in [0.2, 0.25) is 0 Å². The van der Waals surface area contributed by atoms with Crippen LogP contribution < -0.4 is 4.74 Å². The lowest BCUT2D eigenvalue weighted by Gasteiger charge is -2.18. The summed E-state index contributed by atoms with van der Waals surface area (Å²) >= 11 is 1.26. The van der Waals surface area contributed by atoms with Gasteiger partial charge >= 0.3 is 5.97 Å². The number of rotatable bonds is 7. The van der Waals surface area contributed by atoms with Crippen LogP contribution in [0.3, 0.4) is 0 Å². The van der Waals surface area contributed by atoms with Crippen LogP contribution in [0.4, 0.5) is 0 Å². The number of thiazole rings is 1. The minimum absolute atomic E-state index is 0.297. The summed E-state index contributed by atoms with van der Waals surface area (Å²) in [6.07, 6.45) is 0. The number of nitrogens with zero attached hydrogens (tertiary/aromatic N) is 2. The maximum Gasteiger partial charge on any atom is 0.350 e.